The highest BCUT2D eigenvalue weighted by Gasteiger charge is 2.12. The standard InChI is InChI=1S/C22H19Cl2N5O2/c1-15-12-18(24)6-7-20(15)31-14-29-10-8-19(26-29)22(30)25-21-9-11-28(27-21)13-16-2-4-17(23)5-3-16/h2-12H,13-14H2,1H3,(H,25,27,30). The van der Waals surface area contributed by atoms with Crippen LogP contribution in [0.25, 0.3) is 0 Å². The molecular formula is C22H19Cl2N5O2. The first-order valence-electron chi connectivity index (χ1n) is 9.48. The van der Waals surface area contributed by atoms with E-state index in [-0.39, 0.29) is 18.3 Å². The van der Waals surface area contributed by atoms with E-state index in [1.54, 1.807) is 46.0 Å². The van der Waals surface area contributed by atoms with Crippen molar-refractivity contribution in [1.29, 1.82) is 0 Å². The van der Waals surface area contributed by atoms with Crippen LogP contribution in [0, 0.1) is 6.92 Å². The Morgan fingerprint density at radius 1 is 0.968 bits per heavy atom. The van der Waals surface area contributed by atoms with Crippen LogP contribution in [0.3, 0.4) is 0 Å². The number of nitrogens with one attached hydrogen (secondary N) is 1. The molecule has 9 heteroatoms. The van der Waals surface area contributed by atoms with E-state index in [1.807, 2.05) is 37.3 Å². The van der Waals surface area contributed by atoms with Crippen molar-refractivity contribution in [3.8, 4) is 5.75 Å². The summed E-state index contributed by atoms with van der Waals surface area (Å²) in [5.41, 5.74) is 2.25. The molecule has 0 spiro atoms. The number of ether oxygens (including phenoxy) is 1. The first kappa shape index (κ1) is 21.0. The summed E-state index contributed by atoms with van der Waals surface area (Å²) >= 11 is 11.9. The molecule has 2 heterocycles. The minimum absolute atomic E-state index is 0.172. The fourth-order valence-corrected chi connectivity index (χ4v) is 3.29. The van der Waals surface area contributed by atoms with Crippen molar-refractivity contribution in [3.05, 3.63) is 93.9 Å². The number of amides is 1. The molecular weight excluding hydrogens is 437 g/mol. The predicted octanol–water partition coefficient (Wildman–Crippen LogP) is 5.03. The molecule has 0 unspecified atom stereocenters. The third kappa shape index (κ3) is 5.45. The van der Waals surface area contributed by atoms with Crippen molar-refractivity contribution >= 4 is 34.9 Å². The molecule has 0 saturated carbocycles. The summed E-state index contributed by atoms with van der Waals surface area (Å²) in [4.78, 5) is 12.5. The van der Waals surface area contributed by atoms with Gasteiger partial charge in [-0.2, -0.15) is 10.2 Å². The van der Waals surface area contributed by atoms with E-state index in [4.69, 9.17) is 27.9 Å². The van der Waals surface area contributed by atoms with Crippen molar-refractivity contribution in [2.75, 3.05) is 5.32 Å². The van der Waals surface area contributed by atoms with Crippen LogP contribution in [0.5, 0.6) is 5.75 Å². The summed E-state index contributed by atoms with van der Waals surface area (Å²) in [5, 5.41) is 12.7. The fourth-order valence-electron chi connectivity index (χ4n) is 2.94. The molecule has 31 heavy (non-hydrogen) atoms. The molecule has 0 atom stereocenters. The van der Waals surface area contributed by atoms with Crippen LogP contribution >= 0.6 is 23.2 Å². The van der Waals surface area contributed by atoms with E-state index in [2.05, 4.69) is 15.5 Å². The molecule has 0 fully saturated rings. The van der Waals surface area contributed by atoms with Gasteiger partial charge in [0.05, 0.1) is 6.54 Å². The van der Waals surface area contributed by atoms with E-state index in [1.165, 1.54) is 0 Å². The van der Waals surface area contributed by atoms with Crippen LogP contribution < -0.4 is 10.1 Å². The minimum Gasteiger partial charge on any atom is -0.471 e. The summed E-state index contributed by atoms with van der Waals surface area (Å²) in [6.07, 6.45) is 3.48. The Labute approximate surface area is 189 Å². The summed E-state index contributed by atoms with van der Waals surface area (Å²) in [7, 11) is 0. The van der Waals surface area contributed by atoms with Gasteiger partial charge in [-0.3, -0.25) is 9.48 Å². The number of hydrogen-bond acceptors (Lipinski definition) is 4. The quantitative estimate of drug-likeness (QED) is 0.423. The number of carbonyl (C=O) groups excluding carboxylic acids is 1. The van der Waals surface area contributed by atoms with E-state index < -0.39 is 0 Å². The van der Waals surface area contributed by atoms with E-state index in [0.29, 0.717) is 28.2 Å². The number of halogens is 2. The lowest BCUT2D eigenvalue weighted by atomic mass is 10.2. The molecule has 0 saturated heterocycles. The van der Waals surface area contributed by atoms with Gasteiger partial charge in [-0.1, -0.05) is 35.3 Å². The number of nitrogens with zero attached hydrogens (tertiary/aromatic N) is 4. The van der Waals surface area contributed by atoms with Crippen LogP contribution in [0.15, 0.2) is 67.0 Å². The van der Waals surface area contributed by atoms with Gasteiger partial charge in [-0.15, -0.1) is 0 Å². The van der Waals surface area contributed by atoms with Crippen molar-refractivity contribution in [3.63, 3.8) is 0 Å². The molecule has 4 rings (SSSR count). The average molecular weight is 456 g/mol. The van der Waals surface area contributed by atoms with Gasteiger partial charge in [0.25, 0.3) is 5.91 Å². The number of aromatic nitrogens is 4. The Kier molecular flexibility index (Phi) is 6.25. The number of rotatable bonds is 7. The molecule has 7 nitrogen and oxygen atoms in total. The molecule has 1 N–H and O–H groups in total. The van der Waals surface area contributed by atoms with Gasteiger partial charge in [0.2, 0.25) is 0 Å². The number of hydrogen-bond donors (Lipinski definition) is 1. The van der Waals surface area contributed by atoms with Crippen molar-refractivity contribution < 1.29 is 9.53 Å². The summed E-state index contributed by atoms with van der Waals surface area (Å²) in [5.74, 6) is 0.803. The lowest BCUT2D eigenvalue weighted by Gasteiger charge is -2.09. The Morgan fingerprint density at radius 3 is 2.48 bits per heavy atom. The average Bonchev–Trinajstić information content (AvgIpc) is 3.39. The summed E-state index contributed by atoms with van der Waals surface area (Å²) < 4.78 is 9.02. The largest absolute Gasteiger partial charge is 0.471 e. The smallest absolute Gasteiger partial charge is 0.277 e. The maximum atomic E-state index is 12.5. The monoisotopic (exact) mass is 455 g/mol. The second-order valence-corrected chi connectivity index (χ2v) is 7.78. The zero-order chi connectivity index (χ0) is 21.8. The van der Waals surface area contributed by atoms with Crippen LogP contribution in [0.1, 0.15) is 21.6 Å². The Bertz CT molecular complexity index is 1200. The Morgan fingerprint density at radius 2 is 1.71 bits per heavy atom. The Hall–Kier alpha value is -3.29. The molecule has 0 radical (unpaired) electrons. The van der Waals surface area contributed by atoms with Crippen LogP contribution in [0.2, 0.25) is 10.0 Å². The molecule has 0 aliphatic carbocycles. The molecule has 2 aromatic carbocycles. The zero-order valence-corrected chi connectivity index (χ0v) is 18.1. The highest BCUT2D eigenvalue weighted by molar-refractivity contribution is 6.30. The molecule has 0 aliphatic rings. The predicted molar refractivity (Wildman–Crippen MR) is 120 cm³/mol. The van der Waals surface area contributed by atoms with Crippen LogP contribution in [-0.4, -0.2) is 25.5 Å². The number of carbonyl (C=O) groups is 1. The van der Waals surface area contributed by atoms with Gasteiger partial charge in [0, 0.05) is 28.5 Å². The lowest BCUT2D eigenvalue weighted by molar-refractivity contribution is 0.101. The fraction of sp³-hybridized carbons (Fsp3) is 0.136. The molecule has 2 aromatic heterocycles. The number of aryl methyl sites for hydroxylation is 1. The molecule has 158 valence electrons. The lowest BCUT2D eigenvalue weighted by Crippen LogP contribution is -2.15. The second kappa shape index (κ2) is 9.24. The molecule has 4 aromatic rings. The minimum atomic E-state index is -0.349. The molecule has 1 amide bonds. The SMILES string of the molecule is Cc1cc(Cl)ccc1OCn1ccc(C(=O)Nc2ccn(Cc3ccc(Cl)cc3)n2)n1. The summed E-state index contributed by atoms with van der Waals surface area (Å²) in [6, 6.07) is 16.3. The third-order valence-corrected chi connectivity index (χ3v) is 4.99. The number of anilines is 1. The molecule has 0 bridgehead atoms. The normalized spacial score (nSPS) is 10.8. The van der Waals surface area contributed by atoms with Crippen LogP contribution in [-0.2, 0) is 13.3 Å². The number of benzene rings is 2. The maximum Gasteiger partial charge on any atom is 0.277 e. The van der Waals surface area contributed by atoms with Crippen molar-refractivity contribution in [1.82, 2.24) is 19.6 Å². The first-order chi connectivity index (χ1) is 15.0. The van der Waals surface area contributed by atoms with Gasteiger partial charge in [-0.25, -0.2) is 4.68 Å². The van der Waals surface area contributed by atoms with Gasteiger partial charge in [0.15, 0.2) is 18.2 Å². The summed E-state index contributed by atoms with van der Waals surface area (Å²) in [6.45, 7) is 2.66. The topological polar surface area (TPSA) is 74.0 Å². The van der Waals surface area contributed by atoms with E-state index in [9.17, 15) is 4.79 Å². The zero-order valence-electron chi connectivity index (χ0n) is 16.6. The Balaban J connectivity index is 1.33. The third-order valence-electron chi connectivity index (χ3n) is 4.50. The van der Waals surface area contributed by atoms with Gasteiger partial charge in [0.1, 0.15) is 5.75 Å². The van der Waals surface area contributed by atoms with E-state index >= 15 is 0 Å². The van der Waals surface area contributed by atoms with Crippen molar-refractivity contribution in [2.24, 2.45) is 0 Å². The van der Waals surface area contributed by atoms with E-state index in [0.717, 1.165) is 11.1 Å². The van der Waals surface area contributed by atoms with Crippen LogP contribution in [0.4, 0.5) is 5.82 Å². The highest BCUT2D eigenvalue weighted by Crippen LogP contribution is 2.22. The molecule has 0 aliphatic heterocycles. The maximum absolute atomic E-state index is 12.5. The van der Waals surface area contributed by atoms with Gasteiger partial charge < -0.3 is 10.1 Å². The van der Waals surface area contributed by atoms with Crippen molar-refractivity contribution in [2.45, 2.75) is 20.2 Å². The van der Waals surface area contributed by atoms with Gasteiger partial charge in [-0.05, 0) is 54.4 Å². The van der Waals surface area contributed by atoms with Gasteiger partial charge >= 0.3 is 0 Å². The highest BCUT2D eigenvalue weighted by atomic mass is 35.5. The first-order valence-corrected chi connectivity index (χ1v) is 10.2. The second-order valence-electron chi connectivity index (χ2n) is 6.90.